The molecule has 0 aliphatic carbocycles. The van der Waals surface area contributed by atoms with Crippen LogP contribution in [0.3, 0.4) is 0 Å². The second kappa shape index (κ2) is 6.16. The highest BCUT2D eigenvalue weighted by Gasteiger charge is 2.15. The summed E-state index contributed by atoms with van der Waals surface area (Å²) in [5.41, 5.74) is 3.14. The second-order valence-electron chi connectivity index (χ2n) is 5.62. The molecule has 0 N–H and O–H groups in total. The van der Waals surface area contributed by atoms with Gasteiger partial charge in [-0.05, 0) is 36.3 Å². The average molecular weight is 305 g/mol. The molecule has 0 bridgehead atoms. The Kier molecular flexibility index (Phi) is 4.06. The summed E-state index contributed by atoms with van der Waals surface area (Å²) in [6.07, 6.45) is 6.63. The summed E-state index contributed by atoms with van der Waals surface area (Å²) in [7, 11) is 0. The van der Waals surface area contributed by atoms with Crippen LogP contribution in [0.2, 0.25) is 0 Å². The van der Waals surface area contributed by atoms with Crippen molar-refractivity contribution < 1.29 is 4.79 Å². The molecule has 2 heterocycles. The molecule has 0 atom stereocenters. The summed E-state index contributed by atoms with van der Waals surface area (Å²) in [4.78, 5) is 22.2. The summed E-state index contributed by atoms with van der Waals surface area (Å²) >= 11 is 0. The van der Waals surface area contributed by atoms with Crippen molar-refractivity contribution in [3.63, 3.8) is 0 Å². The quantitative estimate of drug-likeness (QED) is 0.869. The van der Waals surface area contributed by atoms with Crippen molar-refractivity contribution in [1.29, 1.82) is 0 Å². The van der Waals surface area contributed by atoms with Gasteiger partial charge in [0.15, 0.2) is 0 Å². The number of allylic oxidation sites excluding steroid dienone is 1. The van der Waals surface area contributed by atoms with Crippen molar-refractivity contribution in [2.45, 2.75) is 26.7 Å². The van der Waals surface area contributed by atoms with E-state index in [0.717, 1.165) is 33.2 Å². The van der Waals surface area contributed by atoms with Gasteiger partial charge in [0.1, 0.15) is 17.9 Å². The zero-order chi connectivity index (χ0) is 16.4. The summed E-state index contributed by atoms with van der Waals surface area (Å²) in [5, 5.41) is 1.70. The highest BCUT2D eigenvalue weighted by Crippen LogP contribution is 2.24. The number of carbonyl (C=O) groups excluding carboxylic acids is 1. The first kappa shape index (κ1) is 15.2. The van der Waals surface area contributed by atoms with Crippen LogP contribution in [0.25, 0.3) is 12.2 Å². The molecule has 0 amide bonds. The minimum atomic E-state index is 0.251. The topological polar surface area (TPSA) is 46.1 Å². The van der Waals surface area contributed by atoms with Gasteiger partial charge in [-0.3, -0.25) is 4.79 Å². The Morgan fingerprint density at radius 3 is 2.65 bits per heavy atom. The highest BCUT2D eigenvalue weighted by molar-refractivity contribution is 5.81. The van der Waals surface area contributed by atoms with E-state index in [2.05, 4.69) is 16.5 Å². The smallest absolute Gasteiger partial charge is 0.148 e. The first-order chi connectivity index (χ1) is 11.1. The summed E-state index contributed by atoms with van der Waals surface area (Å²) in [6, 6.07) is 8.01. The third-order valence-corrected chi connectivity index (χ3v) is 4.01. The molecule has 0 saturated heterocycles. The van der Waals surface area contributed by atoms with Crippen LogP contribution in [0, 0.1) is 0 Å². The molecule has 1 aliphatic rings. The molecule has 3 rings (SSSR count). The van der Waals surface area contributed by atoms with E-state index in [1.165, 1.54) is 6.33 Å². The lowest BCUT2D eigenvalue weighted by Crippen LogP contribution is -2.36. The first-order valence-electron chi connectivity index (χ1n) is 7.69. The van der Waals surface area contributed by atoms with Gasteiger partial charge in [-0.15, -0.1) is 0 Å². The van der Waals surface area contributed by atoms with Crippen molar-refractivity contribution in [2.75, 3.05) is 4.90 Å². The zero-order valence-corrected chi connectivity index (χ0v) is 13.4. The van der Waals surface area contributed by atoms with Crippen molar-refractivity contribution in [2.24, 2.45) is 0 Å². The average Bonchev–Trinajstić information content (AvgIpc) is 2.56. The standard InChI is InChI=1S/C19H19N3O/c1-4-17(23)11-15-5-7-16(8-6-15)22-10-9-13(2)18-14(3)20-12-21-19(18)22/h5-10,12H,3-4,11H2,1-2H3. The highest BCUT2D eigenvalue weighted by atomic mass is 16.1. The van der Waals surface area contributed by atoms with Gasteiger partial charge in [0.25, 0.3) is 0 Å². The molecule has 1 aromatic heterocycles. The molecule has 23 heavy (non-hydrogen) atoms. The van der Waals surface area contributed by atoms with E-state index in [-0.39, 0.29) is 5.78 Å². The molecule has 0 unspecified atom stereocenters. The van der Waals surface area contributed by atoms with E-state index in [4.69, 9.17) is 0 Å². The molecule has 1 aromatic carbocycles. The fourth-order valence-corrected chi connectivity index (χ4v) is 2.67. The van der Waals surface area contributed by atoms with Gasteiger partial charge in [0.2, 0.25) is 0 Å². The van der Waals surface area contributed by atoms with E-state index < -0.39 is 0 Å². The molecule has 4 heteroatoms. The number of carbonyl (C=O) groups is 1. The minimum absolute atomic E-state index is 0.251. The van der Waals surface area contributed by atoms with Crippen LogP contribution in [0.4, 0.5) is 11.5 Å². The maximum Gasteiger partial charge on any atom is 0.148 e. The normalized spacial score (nSPS) is 13.1. The lowest BCUT2D eigenvalue weighted by atomic mass is 10.1. The number of benzene rings is 1. The molecular formula is C19H19N3O. The van der Waals surface area contributed by atoms with Crippen LogP contribution in [-0.2, 0) is 11.2 Å². The molecule has 0 radical (unpaired) electrons. The SMILES string of the molecule is C=c1ncnc2c1=C(C)C=CN2c1ccc(CC(=O)CC)cc1. The lowest BCUT2D eigenvalue weighted by Gasteiger charge is -2.23. The second-order valence-corrected chi connectivity index (χ2v) is 5.62. The molecule has 2 aromatic rings. The lowest BCUT2D eigenvalue weighted by molar-refractivity contribution is -0.118. The van der Waals surface area contributed by atoms with E-state index in [1.54, 1.807) is 0 Å². The largest absolute Gasteiger partial charge is 0.301 e. The predicted molar refractivity (Wildman–Crippen MR) is 92.6 cm³/mol. The summed E-state index contributed by atoms with van der Waals surface area (Å²) < 4.78 is 0. The van der Waals surface area contributed by atoms with Crippen LogP contribution in [0.1, 0.15) is 25.8 Å². The number of anilines is 2. The van der Waals surface area contributed by atoms with E-state index in [1.807, 2.05) is 55.3 Å². The number of hydrogen-bond donors (Lipinski definition) is 0. The minimum Gasteiger partial charge on any atom is -0.301 e. The Labute approximate surface area is 135 Å². The molecule has 4 nitrogen and oxygen atoms in total. The van der Waals surface area contributed by atoms with Crippen LogP contribution in [0.15, 0.2) is 42.9 Å². The van der Waals surface area contributed by atoms with Crippen molar-refractivity contribution >= 4 is 29.4 Å². The Morgan fingerprint density at radius 2 is 1.96 bits per heavy atom. The van der Waals surface area contributed by atoms with Gasteiger partial charge in [0, 0.05) is 29.9 Å². The van der Waals surface area contributed by atoms with E-state index in [0.29, 0.717) is 12.8 Å². The number of hydrogen-bond acceptors (Lipinski definition) is 4. The van der Waals surface area contributed by atoms with Crippen LogP contribution < -0.4 is 15.5 Å². The maximum absolute atomic E-state index is 11.6. The fraction of sp³-hybridized carbons (Fsp3) is 0.211. The molecule has 116 valence electrons. The molecular weight excluding hydrogens is 286 g/mol. The number of ketones is 1. The summed E-state index contributed by atoms with van der Waals surface area (Å²) in [6.45, 7) is 7.92. The van der Waals surface area contributed by atoms with Crippen molar-refractivity contribution in [3.8, 4) is 0 Å². The number of Topliss-reactive ketones (excluding diaryl/α,β-unsaturated/α-hetero) is 1. The molecule has 0 saturated carbocycles. The fourth-order valence-electron chi connectivity index (χ4n) is 2.67. The Hall–Kier alpha value is -2.75. The summed E-state index contributed by atoms with van der Waals surface area (Å²) in [5.74, 6) is 1.09. The van der Waals surface area contributed by atoms with Crippen LogP contribution in [0.5, 0.6) is 0 Å². The van der Waals surface area contributed by atoms with Gasteiger partial charge in [-0.2, -0.15) is 0 Å². The molecule has 0 spiro atoms. The number of rotatable bonds is 4. The van der Waals surface area contributed by atoms with Gasteiger partial charge < -0.3 is 4.90 Å². The number of nitrogens with zero attached hydrogens (tertiary/aromatic N) is 3. The molecule has 1 aliphatic heterocycles. The van der Waals surface area contributed by atoms with E-state index >= 15 is 0 Å². The van der Waals surface area contributed by atoms with Gasteiger partial charge in [-0.25, -0.2) is 9.97 Å². The predicted octanol–water partition coefficient (Wildman–Crippen LogP) is 2.24. The van der Waals surface area contributed by atoms with E-state index in [9.17, 15) is 4.79 Å². The Balaban J connectivity index is 1.98. The van der Waals surface area contributed by atoms with Crippen LogP contribution in [-0.4, -0.2) is 15.8 Å². The van der Waals surface area contributed by atoms with Crippen molar-refractivity contribution in [3.05, 3.63) is 59.0 Å². The van der Waals surface area contributed by atoms with Gasteiger partial charge >= 0.3 is 0 Å². The maximum atomic E-state index is 11.6. The first-order valence-corrected chi connectivity index (χ1v) is 7.69. The molecule has 0 fully saturated rings. The zero-order valence-electron chi connectivity index (χ0n) is 13.4. The monoisotopic (exact) mass is 305 g/mol. The Morgan fingerprint density at radius 1 is 1.22 bits per heavy atom. The number of fused-ring (bicyclic) bond motifs is 1. The van der Waals surface area contributed by atoms with Gasteiger partial charge in [0.05, 0.1) is 5.35 Å². The third kappa shape index (κ3) is 2.93. The third-order valence-electron chi connectivity index (χ3n) is 4.01. The van der Waals surface area contributed by atoms with Crippen LogP contribution >= 0.6 is 0 Å². The number of aromatic nitrogens is 2. The van der Waals surface area contributed by atoms with Crippen molar-refractivity contribution in [1.82, 2.24) is 9.97 Å². The Bertz CT molecular complexity index is 882. The van der Waals surface area contributed by atoms with Gasteiger partial charge in [-0.1, -0.05) is 25.6 Å².